The Balaban J connectivity index is 3.25. The lowest BCUT2D eigenvalue weighted by Crippen LogP contribution is -2.32. The molecule has 5 heteroatoms. The highest BCUT2D eigenvalue weighted by Crippen LogP contribution is 2.05. The van der Waals surface area contributed by atoms with Crippen LogP contribution in [-0.4, -0.2) is 39.8 Å². The first-order valence-corrected chi connectivity index (χ1v) is 4.93. The molecule has 0 aliphatic heterocycles. The molecule has 0 fully saturated rings. The van der Waals surface area contributed by atoms with Gasteiger partial charge in [-0.25, -0.2) is 0 Å². The number of carboxylic acid groups (broad SMARTS) is 1. The Morgan fingerprint density at radius 3 is 2.67 bits per heavy atom. The molecule has 0 spiro atoms. The zero-order valence-corrected chi connectivity index (χ0v) is 7.88. The van der Waals surface area contributed by atoms with E-state index in [2.05, 4.69) is 0 Å². The van der Waals surface area contributed by atoms with Crippen molar-refractivity contribution < 1.29 is 15.0 Å². The van der Waals surface area contributed by atoms with Crippen LogP contribution in [0.3, 0.4) is 0 Å². The number of aliphatic carboxylic acids is 1. The SMILES string of the molecule is CC(O)CCSCC(N)C(=O)O. The van der Waals surface area contributed by atoms with Crippen LogP contribution in [0.1, 0.15) is 13.3 Å². The summed E-state index contributed by atoms with van der Waals surface area (Å²) in [5, 5.41) is 17.3. The second kappa shape index (κ2) is 6.28. The van der Waals surface area contributed by atoms with E-state index in [4.69, 9.17) is 15.9 Å². The van der Waals surface area contributed by atoms with Crippen LogP contribution >= 0.6 is 11.8 Å². The molecule has 0 bridgehead atoms. The van der Waals surface area contributed by atoms with Crippen molar-refractivity contribution in [1.29, 1.82) is 0 Å². The summed E-state index contributed by atoms with van der Waals surface area (Å²) in [6, 6.07) is -0.788. The smallest absolute Gasteiger partial charge is 0.321 e. The third-order valence-corrected chi connectivity index (χ3v) is 2.41. The van der Waals surface area contributed by atoms with Crippen molar-refractivity contribution in [3.8, 4) is 0 Å². The van der Waals surface area contributed by atoms with Gasteiger partial charge in [-0.15, -0.1) is 0 Å². The quantitative estimate of drug-likeness (QED) is 0.513. The van der Waals surface area contributed by atoms with E-state index in [1.165, 1.54) is 11.8 Å². The molecule has 0 rings (SSSR count). The van der Waals surface area contributed by atoms with Crippen LogP contribution in [0.15, 0.2) is 0 Å². The maximum absolute atomic E-state index is 10.2. The summed E-state index contributed by atoms with van der Waals surface area (Å²) in [6.07, 6.45) is 0.357. The molecule has 0 aromatic carbocycles. The maximum atomic E-state index is 10.2. The average molecular weight is 193 g/mol. The van der Waals surface area contributed by atoms with Crippen LogP contribution in [-0.2, 0) is 4.79 Å². The van der Waals surface area contributed by atoms with Crippen LogP contribution in [0.5, 0.6) is 0 Å². The highest BCUT2D eigenvalue weighted by atomic mass is 32.2. The molecule has 2 unspecified atom stereocenters. The third kappa shape index (κ3) is 6.45. The van der Waals surface area contributed by atoms with Gasteiger partial charge in [0.05, 0.1) is 6.10 Å². The second-order valence-corrected chi connectivity index (χ2v) is 3.81. The number of aliphatic hydroxyl groups excluding tert-OH is 1. The minimum atomic E-state index is -0.973. The lowest BCUT2D eigenvalue weighted by atomic mass is 10.3. The van der Waals surface area contributed by atoms with Crippen molar-refractivity contribution in [2.24, 2.45) is 5.73 Å². The molecule has 0 saturated carbocycles. The number of carboxylic acids is 1. The molecular formula is C7H15NO3S. The zero-order chi connectivity index (χ0) is 9.56. The van der Waals surface area contributed by atoms with E-state index < -0.39 is 12.0 Å². The van der Waals surface area contributed by atoms with Gasteiger partial charge in [0, 0.05) is 5.75 Å². The lowest BCUT2D eigenvalue weighted by Gasteiger charge is -2.06. The van der Waals surface area contributed by atoms with Gasteiger partial charge in [-0.05, 0) is 19.1 Å². The molecule has 0 aliphatic carbocycles. The van der Waals surface area contributed by atoms with Crippen LogP contribution in [0.2, 0.25) is 0 Å². The van der Waals surface area contributed by atoms with E-state index >= 15 is 0 Å². The molecular weight excluding hydrogens is 178 g/mol. The van der Waals surface area contributed by atoms with Gasteiger partial charge in [0.15, 0.2) is 0 Å². The van der Waals surface area contributed by atoms with Crippen LogP contribution in [0.4, 0.5) is 0 Å². The largest absolute Gasteiger partial charge is 0.480 e. The highest BCUT2D eigenvalue weighted by Gasteiger charge is 2.10. The Morgan fingerprint density at radius 1 is 1.67 bits per heavy atom. The molecule has 2 atom stereocenters. The summed E-state index contributed by atoms with van der Waals surface area (Å²) in [5.41, 5.74) is 5.25. The first-order chi connectivity index (χ1) is 5.54. The fourth-order valence-electron chi connectivity index (χ4n) is 0.535. The molecule has 4 N–H and O–H groups in total. The number of nitrogens with two attached hydrogens (primary N) is 1. The number of carbonyl (C=O) groups is 1. The van der Waals surface area contributed by atoms with E-state index in [1.54, 1.807) is 6.92 Å². The summed E-state index contributed by atoms with van der Waals surface area (Å²) < 4.78 is 0. The Bertz CT molecular complexity index is 141. The summed E-state index contributed by atoms with van der Waals surface area (Å²) in [5.74, 6) is 0.181. The van der Waals surface area contributed by atoms with Gasteiger partial charge >= 0.3 is 5.97 Å². The Hall–Kier alpha value is -0.260. The third-order valence-electron chi connectivity index (χ3n) is 1.29. The molecule has 0 aromatic rings. The van der Waals surface area contributed by atoms with Crippen molar-refractivity contribution >= 4 is 17.7 Å². The predicted octanol–water partition coefficient (Wildman–Crippen LogP) is -0.0976. The minimum absolute atomic E-state index is 0.321. The van der Waals surface area contributed by atoms with Gasteiger partial charge in [-0.1, -0.05) is 0 Å². The summed E-state index contributed by atoms with van der Waals surface area (Å²) in [6.45, 7) is 1.71. The monoisotopic (exact) mass is 193 g/mol. The number of hydrogen-bond donors (Lipinski definition) is 3. The maximum Gasteiger partial charge on any atom is 0.321 e. The van der Waals surface area contributed by atoms with E-state index in [9.17, 15) is 4.79 Å². The van der Waals surface area contributed by atoms with E-state index in [1.807, 2.05) is 0 Å². The summed E-state index contributed by atoms with van der Waals surface area (Å²) >= 11 is 1.45. The number of hydrogen-bond acceptors (Lipinski definition) is 4. The van der Waals surface area contributed by atoms with Crippen molar-refractivity contribution in [3.05, 3.63) is 0 Å². The fraction of sp³-hybridized carbons (Fsp3) is 0.857. The molecule has 0 radical (unpaired) electrons. The average Bonchev–Trinajstić information content (AvgIpc) is 1.97. The molecule has 0 heterocycles. The van der Waals surface area contributed by atoms with Crippen LogP contribution in [0.25, 0.3) is 0 Å². The second-order valence-electron chi connectivity index (χ2n) is 2.66. The molecule has 4 nitrogen and oxygen atoms in total. The molecule has 12 heavy (non-hydrogen) atoms. The number of rotatable bonds is 6. The molecule has 0 aliphatic rings. The standard InChI is InChI=1S/C7H15NO3S/c1-5(9)2-3-12-4-6(8)7(10)11/h5-6,9H,2-4,8H2,1H3,(H,10,11). The first-order valence-electron chi connectivity index (χ1n) is 3.78. The van der Waals surface area contributed by atoms with Gasteiger partial charge in [-0.3, -0.25) is 4.79 Å². The Kier molecular flexibility index (Phi) is 6.14. The van der Waals surface area contributed by atoms with Crippen molar-refractivity contribution in [1.82, 2.24) is 0 Å². The van der Waals surface area contributed by atoms with Crippen LogP contribution < -0.4 is 5.73 Å². The highest BCUT2D eigenvalue weighted by molar-refractivity contribution is 7.99. The predicted molar refractivity (Wildman–Crippen MR) is 49.2 cm³/mol. The van der Waals surface area contributed by atoms with Gasteiger partial charge in [-0.2, -0.15) is 11.8 Å². The minimum Gasteiger partial charge on any atom is -0.480 e. The van der Waals surface area contributed by atoms with E-state index in [-0.39, 0.29) is 6.10 Å². The van der Waals surface area contributed by atoms with Gasteiger partial charge < -0.3 is 15.9 Å². The Labute approximate surface area is 76.1 Å². The van der Waals surface area contributed by atoms with E-state index in [0.717, 1.165) is 5.75 Å². The number of thioether (sulfide) groups is 1. The van der Waals surface area contributed by atoms with Gasteiger partial charge in [0.25, 0.3) is 0 Å². The lowest BCUT2D eigenvalue weighted by molar-refractivity contribution is -0.137. The number of aliphatic hydroxyl groups is 1. The topological polar surface area (TPSA) is 83.5 Å². The summed E-state index contributed by atoms with van der Waals surface area (Å²) in [4.78, 5) is 10.2. The zero-order valence-electron chi connectivity index (χ0n) is 7.06. The van der Waals surface area contributed by atoms with Gasteiger partial charge in [0.2, 0.25) is 0 Å². The Morgan fingerprint density at radius 2 is 2.25 bits per heavy atom. The molecule has 72 valence electrons. The van der Waals surface area contributed by atoms with Gasteiger partial charge in [0.1, 0.15) is 6.04 Å². The van der Waals surface area contributed by atoms with E-state index in [0.29, 0.717) is 12.2 Å². The van der Waals surface area contributed by atoms with Crippen molar-refractivity contribution in [2.45, 2.75) is 25.5 Å². The normalized spacial score (nSPS) is 15.6. The first kappa shape index (κ1) is 11.7. The summed E-state index contributed by atoms with van der Waals surface area (Å²) in [7, 11) is 0. The molecule has 0 amide bonds. The van der Waals surface area contributed by atoms with Crippen molar-refractivity contribution in [2.75, 3.05) is 11.5 Å². The fourth-order valence-corrected chi connectivity index (χ4v) is 1.61. The van der Waals surface area contributed by atoms with Crippen LogP contribution in [0, 0.1) is 0 Å². The van der Waals surface area contributed by atoms with Crippen molar-refractivity contribution in [3.63, 3.8) is 0 Å². The molecule has 0 saturated heterocycles. The molecule has 0 aromatic heterocycles.